The molecular weight excluding hydrogens is 268 g/mol. The van der Waals surface area contributed by atoms with E-state index in [0.717, 1.165) is 25.8 Å². The molecule has 1 aliphatic heterocycles. The molecule has 2 aliphatic rings. The number of likely N-dealkylation sites (tertiary alicyclic amines) is 1. The highest BCUT2D eigenvalue weighted by Crippen LogP contribution is 2.38. The summed E-state index contributed by atoms with van der Waals surface area (Å²) in [5, 5.41) is 0. The lowest BCUT2D eigenvalue weighted by atomic mass is 9.91. The Balaban J connectivity index is 1.72. The van der Waals surface area contributed by atoms with Crippen molar-refractivity contribution in [3.8, 4) is 0 Å². The number of benzene rings is 1. The van der Waals surface area contributed by atoms with Gasteiger partial charge < -0.3 is 20.6 Å². The molecule has 1 saturated heterocycles. The fourth-order valence-electron chi connectivity index (χ4n) is 3.89. The average Bonchev–Trinajstić information content (AvgIpc) is 2.95. The van der Waals surface area contributed by atoms with Crippen LogP contribution in [-0.4, -0.2) is 39.4 Å². The molecule has 1 aromatic carbocycles. The van der Waals surface area contributed by atoms with Gasteiger partial charge in [0.2, 0.25) is 0 Å². The minimum atomic E-state index is -0.292. The first-order chi connectivity index (χ1) is 10.0. The topological polar surface area (TPSA) is 95.0 Å². The number of H-pyrrole nitrogens is 2. The maximum absolute atomic E-state index is 12.8. The molecule has 2 heterocycles. The van der Waals surface area contributed by atoms with Gasteiger partial charge in [-0.25, -0.2) is 4.79 Å². The van der Waals surface area contributed by atoms with Gasteiger partial charge in [-0.15, -0.1) is 0 Å². The molecule has 1 aliphatic carbocycles. The smallest absolute Gasteiger partial charge is 0.323 e. The number of nitrogens with two attached hydrogens (primary N) is 1. The second kappa shape index (κ2) is 4.21. The highest BCUT2D eigenvalue weighted by molar-refractivity contribution is 6.04. The quantitative estimate of drug-likeness (QED) is 0.724. The number of fused-ring (bicyclic) bond motifs is 3. The molecule has 6 heteroatoms. The van der Waals surface area contributed by atoms with Gasteiger partial charge in [-0.2, -0.15) is 0 Å². The van der Waals surface area contributed by atoms with Crippen LogP contribution in [0.4, 0.5) is 0 Å². The predicted molar refractivity (Wildman–Crippen MR) is 79.1 cm³/mol. The van der Waals surface area contributed by atoms with Crippen molar-refractivity contribution in [2.45, 2.75) is 24.8 Å². The van der Waals surface area contributed by atoms with E-state index in [2.05, 4.69) is 9.97 Å². The summed E-state index contributed by atoms with van der Waals surface area (Å²) >= 11 is 0. The van der Waals surface area contributed by atoms with Crippen molar-refractivity contribution in [2.24, 2.45) is 11.7 Å². The number of carbonyl (C=O) groups excluding carboxylic acids is 1. The monoisotopic (exact) mass is 286 g/mol. The van der Waals surface area contributed by atoms with Crippen molar-refractivity contribution in [1.82, 2.24) is 14.9 Å². The first kappa shape index (κ1) is 12.6. The summed E-state index contributed by atoms with van der Waals surface area (Å²) in [4.78, 5) is 31.5. The third kappa shape index (κ3) is 1.98. The van der Waals surface area contributed by atoms with E-state index in [-0.39, 0.29) is 17.1 Å². The van der Waals surface area contributed by atoms with Crippen LogP contribution in [-0.2, 0) is 0 Å². The lowest BCUT2D eigenvalue weighted by molar-refractivity contribution is 0.0637. The minimum absolute atomic E-state index is 0.0442. The Kier molecular flexibility index (Phi) is 2.53. The summed E-state index contributed by atoms with van der Waals surface area (Å²) in [5.41, 5.74) is 7.63. The van der Waals surface area contributed by atoms with Crippen molar-refractivity contribution in [1.29, 1.82) is 0 Å². The van der Waals surface area contributed by atoms with E-state index in [1.165, 1.54) is 0 Å². The number of hydrogen-bond donors (Lipinski definition) is 3. The SMILES string of the molecule is NC12CCC(CN(C(=O)c3cccc4[nH]c(=O)[nH]c34)C1)C2. The molecule has 1 amide bonds. The second-order valence-electron chi connectivity index (χ2n) is 6.46. The number of amides is 1. The highest BCUT2D eigenvalue weighted by atomic mass is 16.2. The van der Waals surface area contributed by atoms with Crippen LogP contribution in [0.15, 0.2) is 23.0 Å². The molecule has 2 bridgehead atoms. The number of imidazole rings is 1. The van der Waals surface area contributed by atoms with E-state index in [1.54, 1.807) is 18.2 Å². The zero-order valence-electron chi connectivity index (χ0n) is 11.7. The second-order valence-corrected chi connectivity index (χ2v) is 6.46. The van der Waals surface area contributed by atoms with Crippen molar-refractivity contribution >= 4 is 16.9 Å². The Morgan fingerprint density at radius 3 is 3.05 bits per heavy atom. The summed E-state index contributed by atoms with van der Waals surface area (Å²) in [6.45, 7) is 1.37. The number of piperidine rings is 1. The minimum Gasteiger partial charge on any atom is -0.336 e. The summed E-state index contributed by atoms with van der Waals surface area (Å²) in [7, 11) is 0. The van der Waals surface area contributed by atoms with Gasteiger partial charge in [-0.05, 0) is 37.3 Å². The molecule has 110 valence electrons. The zero-order valence-corrected chi connectivity index (χ0v) is 11.7. The van der Waals surface area contributed by atoms with Crippen LogP contribution in [0.25, 0.3) is 11.0 Å². The van der Waals surface area contributed by atoms with Gasteiger partial charge in [0, 0.05) is 18.6 Å². The Hall–Kier alpha value is -2.08. The lowest BCUT2D eigenvalue weighted by Gasteiger charge is -2.37. The maximum atomic E-state index is 12.8. The van der Waals surface area contributed by atoms with E-state index < -0.39 is 0 Å². The standard InChI is InChI=1S/C15H18N4O2/c16-15-5-4-9(6-15)7-19(8-15)13(20)10-2-1-3-11-12(10)18-14(21)17-11/h1-3,9H,4-8,16H2,(H2,17,18,21). The molecule has 1 saturated carbocycles. The van der Waals surface area contributed by atoms with Crippen LogP contribution in [0.5, 0.6) is 0 Å². The van der Waals surface area contributed by atoms with Crippen LogP contribution in [0.1, 0.15) is 29.6 Å². The summed E-state index contributed by atoms with van der Waals surface area (Å²) in [6, 6.07) is 5.33. The van der Waals surface area contributed by atoms with Crippen molar-refractivity contribution in [2.75, 3.05) is 13.1 Å². The summed E-state index contributed by atoms with van der Waals surface area (Å²) in [5.74, 6) is 0.467. The van der Waals surface area contributed by atoms with Gasteiger partial charge in [0.1, 0.15) is 0 Å². The molecule has 2 aromatic rings. The number of nitrogens with zero attached hydrogens (tertiary/aromatic N) is 1. The Labute approximate surface area is 121 Å². The maximum Gasteiger partial charge on any atom is 0.323 e. The lowest BCUT2D eigenvalue weighted by Crippen LogP contribution is -2.54. The third-order valence-electron chi connectivity index (χ3n) is 4.80. The first-order valence-electron chi connectivity index (χ1n) is 7.33. The number of hydrogen-bond acceptors (Lipinski definition) is 3. The van der Waals surface area contributed by atoms with Gasteiger partial charge in [0.25, 0.3) is 5.91 Å². The van der Waals surface area contributed by atoms with Crippen molar-refractivity contribution in [3.05, 3.63) is 34.2 Å². The van der Waals surface area contributed by atoms with E-state index >= 15 is 0 Å². The van der Waals surface area contributed by atoms with E-state index in [0.29, 0.717) is 29.1 Å². The Morgan fingerprint density at radius 1 is 1.38 bits per heavy atom. The molecule has 21 heavy (non-hydrogen) atoms. The number of aromatic nitrogens is 2. The van der Waals surface area contributed by atoms with Gasteiger partial charge in [-0.1, -0.05) is 6.07 Å². The summed E-state index contributed by atoms with van der Waals surface area (Å²) < 4.78 is 0. The van der Waals surface area contributed by atoms with Crippen LogP contribution < -0.4 is 11.4 Å². The van der Waals surface area contributed by atoms with E-state index in [9.17, 15) is 9.59 Å². The molecule has 1 aromatic heterocycles. The van der Waals surface area contributed by atoms with Crippen molar-refractivity contribution in [3.63, 3.8) is 0 Å². The number of para-hydroxylation sites is 1. The van der Waals surface area contributed by atoms with E-state index in [1.807, 2.05) is 4.90 Å². The van der Waals surface area contributed by atoms with Gasteiger partial charge >= 0.3 is 5.69 Å². The van der Waals surface area contributed by atoms with Crippen molar-refractivity contribution < 1.29 is 4.79 Å². The molecular formula is C15H18N4O2. The van der Waals surface area contributed by atoms with Crippen LogP contribution in [0.2, 0.25) is 0 Å². The number of rotatable bonds is 1. The largest absolute Gasteiger partial charge is 0.336 e. The fourth-order valence-corrected chi connectivity index (χ4v) is 3.89. The molecule has 4 N–H and O–H groups in total. The summed E-state index contributed by atoms with van der Waals surface area (Å²) in [6.07, 6.45) is 3.11. The van der Waals surface area contributed by atoms with Gasteiger partial charge in [-0.3, -0.25) is 4.79 Å². The molecule has 4 rings (SSSR count). The van der Waals surface area contributed by atoms with E-state index in [4.69, 9.17) is 5.73 Å². The Bertz CT molecular complexity index is 777. The molecule has 6 nitrogen and oxygen atoms in total. The molecule has 0 radical (unpaired) electrons. The first-order valence-corrected chi connectivity index (χ1v) is 7.33. The van der Waals surface area contributed by atoms with Crippen LogP contribution >= 0.6 is 0 Å². The molecule has 0 spiro atoms. The zero-order chi connectivity index (χ0) is 14.6. The van der Waals surface area contributed by atoms with Gasteiger partial charge in [0.15, 0.2) is 0 Å². The van der Waals surface area contributed by atoms with Gasteiger partial charge in [0.05, 0.1) is 16.6 Å². The Morgan fingerprint density at radius 2 is 2.24 bits per heavy atom. The number of nitrogens with one attached hydrogen (secondary N) is 2. The molecule has 2 fully saturated rings. The highest BCUT2D eigenvalue weighted by Gasteiger charge is 2.43. The normalized spacial score (nSPS) is 28.2. The average molecular weight is 286 g/mol. The third-order valence-corrected chi connectivity index (χ3v) is 4.80. The van der Waals surface area contributed by atoms with Crippen LogP contribution in [0.3, 0.4) is 0 Å². The molecule has 2 unspecified atom stereocenters. The fraction of sp³-hybridized carbons (Fsp3) is 0.467. The number of carbonyl (C=O) groups is 1. The van der Waals surface area contributed by atoms with Crippen LogP contribution in [0, 0.1) is 5.92 Å². The number of aromatic amines is 2. The predicted octanol–water partition coefficient (Wildman–Crippen LogP) is 0.810. The molecule has 2 atom stereocenters.